The van der Waals surface area contributed by atoms with Crippen molar-refractivity contribution in [2.45, 2.75) is 19.1 Å². The molecule has 1 amide bonds. The van der Waals surface area contributed by atoms with Crippen molar-refractivity contribution in [2.75, 3.05) is 44.7 Å². The number of nitrogens with zero attached hydrogens (tertiary/aromatic N) is 6. The number of thiazole rings is 1. The molecule has 3 heterocycles. The Balaban J connectivity index is 1.34. The van der Waals surface area contributed by atoms with Gasteiger partial charge in [-0.25, -0.2) is 4.98 Å². The van der Waals surface area contributed by atoms with E-state index in [4.69, 9.17) is 4.52 Å². The van der Waals surface area contributed by atoms with Crippen LogP contribution in [0.25, 0.3) is 11.4 Å². The first-order valence-electron chi connectivity index (χ1n) is 10.4. The molecule has 12 heteroatoms. The SMILES string of the molecule is CC(c1nc(-c2cccc(C(F)(F)F)c2)no1)N1CCN(CC(=O)N(C)c2nccs2)CC1. The number of amides is 1. The fraction of sp³-hybridized carbons (Fsp3) is 0.429. The molecule has 3 aromatic rings. The van der Waals surface area contributed by atoms with Crippen molar-refractivity contribution in [1.29, 1.82) is 0 Å². The highest BCUT2D eigenvalue weighted by atomic mass is 32.1. The van der Waals surface area contributed by atoms with E-state index in [-0.39, 0.29) is 23.3 Å². The normalized spacial score (nSPS) is 16.6. The Morgan fingerprint density at radius 2 is 2.03 bits per heavy atom. The molecule has 0 bridgehead atoms. The van der Waals surface area contributed by atoms with Crippen molar-refractivity contribution in [2.24, 2.45) is 0 Å². The average Bonchev–Trinajstić information content (AvgIpc) is 3.51. The van der Waals surface area contributed by atoms with Gasteiger partial charge >= 0.3 is 6.18 Å². The van der Waals surface area contributed by atoms with Gasteiger partial charge in [0.15, 0.2) is 5.13 Å². The summed E-state index contributed by atoms with van der Waals surface area (Å²) in [5.41, 5.74) is -0.509. The van der Waals surface area contributed by atoms with E-state index in [0.29, 0.717) is 43.7 Å². The molecule has 1 saturated heterocycles. The molecular formula is C21H23F3N6O2S. The molecule has 1 aromatic carbocycles. The fourth-order valence-electron chi connectivity index (χ4n) is 3.61. The summed E-state index contributed by atoms with van der Waals surface area (Å²) >= 11 is 1.41. The largest absolute Gasteiger partial charge is 0.416 e. The number of rotatable bonds is 6. The van der Waals surface area contributed by atoms with Crippen LogP contribution in [0.1, 0.15) is 24.4 Å². The molecule has 0 N–H and O–H groups in total. The minimum Gasteiger partial charge on any atom is -0.337 e. The number of hydrogen-bond acceptors (Lipinski definition) is 8. The number of likely N-dealkylation sites (N-methyl/N-ethyl adjacent to an activating group) is 1. The predicted molar refractivity (Wildman–Crippen MR) is 117 cm³/mol. The summed E-state index contributed by atoms with van der Waals surface area (Å²) in [7, 11) is 1.72. The summed E-state index contributed by atoms with van der Waals surface area (Å²) in [6.07, 6.45) is -2.77. The van der Waals surface area contributed by atoms with Crippen LogP contribution >= 0.6 is 11.3 Å². The molecule has 176 valence electrons. The molecule has 0 radical (unpaired) electrons. The second kappa shape index (κ2) is 9.57. The first kappa shape index (κ1) is 23.3. The van der Waals surface area contributed by atoms with Gasteiger partial charge in [-0.2, -0.15) is 18.2 Å². The van der Waals surface area contributed by atoms with Crippen LogP contribution in [0.5, 0.6) is 0 Å². The van der Waals surface area contributed by atoms with Gasteiger partial charge in [0.2, 0.25) is 17.6 Å². The molecule has 1 atom stereocenters. The van der Waals surface area contributed by atoms with Crippen LogP contribution in [0.3, 0.4) is 0 Å². The van der Waals surface area contributed by atoms with Gasteiger partial charge < -0.3 is 4.52 Å². The highest BCUT2D eigenvalue weighted by Gasteiger charge is 2.31. The van der Waals surface area contributed by atoms with Crippen LogP contribution in [-0.4, -0.2) is 70.6 Å². The van der Waals surface area contributed by atoms with Crippen molar-refractivity contribution in [3.8, 4) is 11.4 Å². The summed E-state index contributed by atoms with van der Waals surface area (Å²) in [6, 6.07) is 4.66. The van der Waals surface area contributed by atoms with E-state index >= 15 is 0 Å². The Morgan fingerprint density at radius 3 is 2.70 bits per heavy atom. The van der Waals surface area contributed by atoms with Gasteiger partial charge in [0.1, 0.15) is 0 Å². The standard InChI is InChI=1S/C21H23F3N6O2S/c1-14(19-26-18(27-32-19)15-4-3-5-16(12-15)21(22,23)24)30-9-7-29(8-10-30)13-17(31)28(2)20-25-6-11-33-20/h3-6,11-12,14H,7-10,13H2,1-2H3. The second-order valence-corrected chi connectivity index (χ2v) is 8.66. The monoisotopic (exact) mass is 480 g/mol. The minimum atomic E-state index is -4.44. The van der Waals surface area contributed by atoms with E-state index in [2.05, 4.69) is 24.9 Å². The fourth-order valence-corrected chi connectivity index (χ4v) is 4.23. The molecular weight excluding hydrogens is 457 g/mol. The minimum absolute atomic E-state index is 0.0194. The van der Waals surface area contributed by atoms with Gasteiger partial charge in [0.05, 0.1) is 18.2 Å². The maximum absolute atomic E-state index is 13.0. The Bertz CT molecular complexity index is 1080. The third-order valence-corrected chi connectivity index (χ3v) is 6.49. The van der Waals surface area contributed by atoms with Crippen molar-refractivity contribution in [3.63, 3.8) is 0 Å². The third-order valence-electron chi connectivity index (χ3n) is 5.64. The summed E-state index contributed by atoms with van der Waals surface area (Å²) in [5.74, 6) is 0.446. The number of carbonyl (C=O) groups is 1. The zero-order chi connectivity index (χ0) is 23.6. The van der Waals surface area contributed by atoms with Crippen LogP contribution < -0.4 is 4.90 Å². The van der Waals surface area contributed by atoms with Gasteiger partial charge in [0.25, 0.3) is 0 Å². The number of piperazine rings is 1. The van der Waals surface area contributed by atoms with Gasteiger partial charge in [0, 0.05) is 50.4 Å². The molecule has 0 saturated carbocycles. The smallest absolute Gasteiger partial charge is 0.337 e. The van der Waals surface area contributed by atoms with E-state index in [0.717, 1.165) is 12.1 Å². The summed E-state index contributed by atoms with van der Waals surface area (Å²) in [6.45, 7) is 4.99. The Morgan fingerprint density at radius 1 is 1.27 bits per heavy atom. The maximum atomic E-state index is 13.0. The molecule has 0 spiro atoms. The molecule has 0 aliphatic carbocycles. The van der Waals surface area contributed by atoms with E-state index in [1.165, 1.54) is 23.5 Å². The van der Waals surface area contributed by atoms with Crippen LogP contribution in [0.15, 0.2) is 40.4 Å². The summed E-state index contributed by atoms with van der Waals surface area (Å²) < 4.78 is 44.3. The van der Waals surface area contributed by atoms with Crippen molar-refractivity contribution >= 4 is 22.4 Å². The van der Waals surface area contributed by atoms with Gasteiger partial charge in [-0.1, -0.05) is 17.3 Å². The quantitative estimate of drug-likeness (QED) is 0.534. The highest BCUT2D eigenvalue weighted by Crippen LogP contribution is 2.32. The second-order valence-electron chi connectivity index (χ2n) is 7.79. The van der Waals surface area contributed by atoms with E-state index in [9.17, 15) is 18.0 Å². The molecule has 8 nitrogen and oxygen atoms in total. The number of anilines is 1. The number of benzene rings is 1. The lowest BCUT2D eigenvalue weighted by molar-refractivity contribution is -0.137. The molecule has 1 unspecified atom stereocenters. The van der Waals surface area contributed by atoms with E-state index in [1.54, 1.807) is 18.1 Å². The number of halogens is 3. The van der Waals surface area contributed by atoms with Crippen LogP contribution in [0.4, 0.5) is 18.3 Å². The number of hydrogen-bond donors (Lipinski definition) is 0. The Labute approximate surface area is 192 Å². The molecule has 1 aliphatic heterocycles. The van der Waals surface area contributed by atoms with Gasteiger partial charge in [-0.05, 0) is 19.1 Å². The van der Waals surface area contributed by atoms with Crippen molar-refractivity contribution in [3.05, 3.63) is 47.3 Å². The van der Waals surface area contributed by atoms with E-state index < -0.39 is 11.7 Å². The van der Waals surface area contributed by atoms with E-state index in [1.807, 2.05) is 12.3 Å². The molecule has 33 heavy (non-hydrogen) atoms. The Hall–Kier alpha value is -2.83. The summed E-state index contributed by atoms with van der Waals surface area (Å²) in [4.78, 5) is 26.8. The first-order chi connectivity index (χ1) is 15.7. The molecule has 1 fully saturated rings. The van der Waals surface area contributed by atoms with Crippen LogP contribution in [0, 0.1) is 0 Å². The lowest BCUT2D eigenvalue weighted by Gasteiger charge is -2.36. The predicted octanol–water partition coefficient (Wildman–Crippen LogP) is 3.55. The molecule has 2 aromatic heterocycles. The van der Waals surface area contributed by atoms with Crippen LogP contribution in [0.2, 0.25) is 0 Å². The number of aromatic nitrogens is 3. The van der Waals surface area contributed by atoms with Gasteiger partial charge in [-0.3, -0.25) is 19.5 Å². The Kier molecular flexibility index (Phi) is 6.77. The highest BCUT2D eigenvalue weighted by molar-refractivity contribution is 7.13. The number of alkyl halides is 3. The lowest BCUT2D eigenvalue weighted by Crippen LogP contribution is -2.50. The topological polar surface area (TPSA) is 78.6 Å². The maximum Gasteiger partial charge on any atom is 0.416 e. The molecule has 1 aliphatic rings. The zero-order valence-electron chi connectivity index (χ0n) is 18.1. The average molecular weight is 481 g/mol. The van der Waals surface area contributed by atoms with Gasteiger partial charge in [-0.15, -0.1) is 11.3 Å². The first-order valence-corrected chi connectivity index (χ1v) is 11.2. The van der Waals surface area contributed by atoms with Crippen molar-refractivity contribution in [1.82, 2.24) is 24.9 Å². The lowest BCUT2D eigenvalue weighted by atomic mass is 10.1. The summed E-state index contributed by atoms with van der Waals surface area (Å²) in [5, 5.41) is 6.37. The third kappa shape index (κ3) is 5.40. The van der Waals surface area contributed by atoms with Crippen LogP contribution in [-0.2, 0) is 11.0 Å². The molecule has 4 rings (SSSR count). The van der Waals surface area contributed by atoms with Crippen molar-refractivity contribution < 1.29 is 22.5 Å². The number of carbonyl (C=O) groups excluding carboxylic acids is 1. The zero-order valence-corrected chi connectivity index (χ0v) is 18.9.